The smallest absolute Gasteiger partial charge is 0.126 e. The first-order chi connectivity index (χ1) is 6.27. The van der Waals surface area contributed by atoms with Crippen LogP contribution >= 0.6 is 0 Å². The van der Waals surface area contributed by atoms with Gasteiger partial charge in [-0.25, -0.2) is 0 Å². The van der Waals surface area contributed by atoms with E-state index in [1.165, 1.54) is 11.1 Å². The highest BCUT2D eigenvalue weighted by molar-refractivity contribution is 6.74. The van der Waals surface area contributed by atoms with Crippen LogP contribution < -0.4 is 0 Å². The van der Waals surface area contributed by atoms with Crippen LogP contribution in [-0.2, 0) is 6.04 Å². The summed E-state index contributed by atoms with van der Waals surface area (Å²) >= 11 is 0. The quantitative estimate of drug-likeness (QED) is 0.484. The second-order valence-corrected chi connectivity index (χ2v) is 5.20. The Morgan fingerprint density at radius 2 is 1.85 bits per heavy atom. The summed E-state index contributed by atoms with van der Waals surface area (Å²) in [5, 5.41) is 0. The Labute approximate surface area is 81.6 Å². The predicted octanol–water partition coefficient (Wildman–Crippen LogP) is 1.65. The van der Waals surface area contributed by atoms with E-state index in [9.17, 15) is 0 Å². The van der Waals surface area contributed by atoms with Gasteiger partial charge >= 0.3 is 0 Å². The highest BCUT2D eigenvalue weighted by atomic mass is 28.3. The first-order valence-corrected chi connectivity index (χ1v) is 6.22. The summed E-state index contributed by atoms with van der Waals surface area (Å²) in [7, 11) is -1.39. The summed E-state index contributed by atoms with van der Waals surface area (Å²) < 4.78 is 0. The zero-order valence-electron chi connectivity index (χ0n) is 7.75. The van der Waals surface area contributed by atoms with Crippen molar-refractivity contribution in [1.29, 1.82) is 0 Å². The van der Waals surface area contributed by atoms with E-state index in [4.69, 9.17) is 12.8 Å². The van der Waals surface area contributed by atoms with Crippen LogP contribution in [0.4, 0.5) is 0 Å². The Balaban J connectivity index is 2.82. The lowest BCUT2D eigenvalue weighted by molar-refractivity contribution is 1.29. The zero-order valence-corrected chi connectivity index (χ0v) is 8.90. The van der Waals surface area contributed by atoms with Crippen molar-refractivity contribution in [2.45, 2.75) is 13.0 Å². The second kappa shape index (κ2) is 4.55. The normalized spacial score (nSPS) is 9.23. The van der Waals surface area contributed by atoms with Gasteiger partial charge in [0, 0.05) is 0 Å². The molecule has 13 heavy (non-hydrogen) atoms. The maximum Gasteiger partial charge on any atom is 0.205 e. The van der Waals surface area contributed by atoms with Gasteiger partial charge in [0.15, 0.2) is 0 Å². The molecule has 0 aromatic heterocycles. The summed E-state index contributed by atoms with van der Waals surface area (Å²) in [6, 6.07) is 9.17. The van der Waals surface area contributed by atoms with Gasteiger partial charge < -0.3 is 0 Å². The highest BCUT2D eigenvalue weighted by Crippen LogP contribution is 2.08. The molecule has 0 aliphatic rings. The van der Waals surface area contributed by atoms with Crippen LogP contribution in [0.1, 0.15) is 11.1 Å². The minimum absolute atomic E-state index is 0.916. The van der Waals surface area contributed by atoms with E-state index in [1.54, 1.807) is 0 Å². The minimum atomic E-state index is -1.39. The van der Waals surface area contributed by atoms with E-state index in [-0.39, 0.29) is 0 Å². The van der Waals surface area contributed by atoms with Gasteiger partial charge in [-0.2, -0.15) is 0 Å². The molecular formula is C12H12Si. The first-order valence-electron chi connectivity index (χ1n) is 4.24. The molecule has 0 bridgehead atoms. The van der Waals surface area contributed by atoms with Gasteiger partial charge in [0.25, 0.3) is 0 Å². The molecular weight excluding hydrogens is 172 g/mol. The van der Waals surface area contributed by atoms with Gasteiger partial charge in [-0.1, -0.05) is 24.3 Å². The molecule has 0 nitrogen and oxygen atoms in total. The first kappa shape index (κ1) is 9.64. The van der Waals surface area contributed by atoms with Crippen molar-refractivity contribution >= 4 is 8.80 Å². The Kier molecular flexibility index (Phi) is 3.38. The molecule has 0 fully saturated rings. The minimum Gasteiger partial charge on any atom is -0.126 e. The van der Waals surface area contributed by atoms with Gasteiger partial charge in [-0.3, -0.25) is 0 Å². The van der Waals surface area contributed by atoms with Crippen LogP contribution in [0, 0.1) is 30.9 Å². The average molecular weight is 184 g/mol. The van der Waals surface area contributed by atoms with E-state index in [2.05, 4.69) is 30.1 Å². The number of terminal acetylenes is 2. The number of hydrogen-bond donors (Lipinski definition) is 0. The molecule has 0 aliphatic carbocycles. The van der Waals surface area contributed by atoms with E-state index >= 15 is 0 Å². The summed E-state index contributed by atoms with van der Waals surface area (Å²) in [6.45, 7) is 2.09. The lowest BCUT2D eigenvalue weighted by atomic mass is 10.1. The van der Waals surface area contributed by atoms with Crippen LogP contribution in [0.25, 0.3) is 0 Å². The average Bonchev–Trinajstić information content (AvgIpc) is 2.17. The summed E-state index contributed by atoms with van der Waals surface area (Å²) in [5.41, 5.74) is 8.04. The van der Waals surface area contributed by atoms with E-state index < -0.39 is 8.80 Å². The molecule has 0 unspecified atom stereocenters. The van der Waals surface area contributed by atoms with Crippen LogP contribution in [0.2, 0.25) is 0 Å². The number of hydrogen-bond acceptors (Lipinski definition) is 0. The van der Waals surface area contributed by atoms with Crippen molar-refractivity contribution in [3.63, 3.8) is 0 Å². The molecule has 0 spiro atoms. The molecule has 0 radical (unpaired) electrons. The summed E-state index contributed by atoms with van der Waals surface area (Å²) in [6.07, 6.45) is 10.7. The molecule has 0 aliphatic heterocycles. The third kappa shape index (κ3) is 2.51. The zero-order chi connectivity index (χ0) is 9.68. The van der Waals surface area contributed by atoms with Crippen LogP contribution in [0.15, 0.2) is 24.3 Å². The molecule has 0 N–H and O–H groups in total. The number of aryl methyl sites for hydroxylation is 1. The van der Waals surface area contributed by atoms with E-state index in [0.717, 1.165) is 6.04 Å². The van der Waals surface area contributed by atoms with Crippen molar-refractivity contribution in [3.05, 3.63) is 35.4 Å². The van der Waals surface area contributed by atoms with Gasteiger partial charge in [0.2, 0.25) is 8.80 Å². The van der Waals surface area contributed by atoms with Gasteiger partial charge in [0.1, 0.15) is 0 Å². The van der Waals surface area contributed by atoms with Crippen molar-refractivity contribution in [2.75, 3.05) is 0 Å². The standard InChI is InChI=1S/C12H12Si/c1-4-13(5-2)10-12-9-7-6-8-11(12)3/h1-2,6-9,13H,10H2,3H3. The third-order valence-electron chi connectivity index (χ3n) is 2.09. The summed E-state index contributed by atoms with van der Waals surface area (Å²) in [5.74, 6) is 0. The topological polar surface area (TPSA) is 0 Å². The fourth-order valence-corrected chi connectivity index (χ4v) is 2.45. The second-order valence-electron chi connectivity index (χ2n) is 3.02. The molecule has 0 heterocycles. The molecule has 1 rings (SSSR count). The van der Waals surface area contributed by atoms with E-state index in [1.807, 2.05) is 12.1 Å². The SMILES string of the molecule is C#C[SiH](C#C)Cc1ccccc1C. The van der Waals surface area contributed by atoms with Crippen molar-refractivity contribution in [1.82, 2.24) is 0 Å². The Morgan fingerprint density at radius 3 is 2.38 bits per heavy atom. The van der Waals surface area contributed by atoms with Crippen molar-refractivity contribution in [2.24, 2.45) is 0 Å². The van der Waals surface area contributed by atoms with Crippen LogP contribution in [0.5, 0.6) is 0 Å². The molecule has 0 atom stereocenters. The maximum atomic E-state index is 5.35. The molecule has 1 aromatic rings. The Hall–Kier alpha value is -1.44. The molecule has 1 aromatic carbocycles. The fraction of sp³-hybridized carbons (Fsp3) is 0.167. The molecule has 1 heteroatoms. The molecule has 0 saturated heterocycles. The van der Waals surface area contributed by atoms with E-state index in [0.29, 0.717) is 0 Å². The highest BCUT2D eigenvalue weighted by Gasteiger charge is 2.06. The van der Waals surface area contributed by atoms with Crippen LogP contribution in [-0.4, -0.2) is 8.80 Å². The number of rotatable bonds is 2. The van der Waals surface area contributed by atoms with Crippen molar-refractivity contribution < 1.29 is 0 Å². The van der Waals surface area contributed by atoms with Gasteiger partial charge in [0.05, 0.1) is 0 Å². The fourth-order valence-electron chi connectivity index (χ4n) is 1.22. The molecule has 0 amide bonds. The maximum absolute atomic E-state index is 5.35. The van der Waals surface area contributed by atoms with Gasteiger partial charge in [-0.15, -0.1) is 23.9 Å². The van der Waals surface area contributed by atoms with Gasteiger partial charge in [-0.05, 0) is 24.1 Å². The largest absolute Gasteiger partial charge is 0.205 e. The van der Waals surface area contributed by atoms with Crippen LogP contribution in [0.3, 0.4) is 0 Å². The Morgan fingerprint density at radius 1 is 1.23 bits per heavy atom. The molecule has 64 valence electrons. The summed E-state index contributed by atoms with van der Waals surface area (Å²) in [4.78, 5) is 0. The lowest BCUT2D eigenvalue weighted by Gasteiger charge is -2.05. The molecule has 0 saturated carbocycles. The number of benzene rings is 1. The third-order valence-corrected chi connectivity index (χ3v) is 3.74. The van der Waals surface area contributed by atoms with Crippen molar-refractivity contribution in [3.8, 4) is 23.9 Å². The lowest BCUT2D eigenvalue weighted by Crippen LogP contribution is -2.12. The Bertz CT molecular complexity index is 351. The monoisotopic (exact) mass is 184 g/mol. The predicted molar refractivity (Wildman–Crippen MR) is 59.7 cm³/mol.